The lowest BCUT2D eigenvalue weighted by atomic mass is 10.2. The van der Waals surface area contributed by atoms with E-state index in [0.717, 1.165) is 0 Å². The molecule has 0 bridgehead atoms. The van der Waals surface area contributed by atoms with Crippen molar-refractivity contribution in [3.63, 3.8) is 0 Å². The van der Waals surface area contributed by atoms with Gasteiger partial charge in [-0.15, -0.1) is 0 Å². The zero-order valence-corrected chi connectivity index (χ0v) is 12.5. The van der Waals surface area contributed by atoms with Crippen LogP contribution in [0.25, 0.3) is 0 Å². The number of carboxylic acids is 1. The van der Waals surface area contributed by atoms with Crippen LogP contribution >= 0.6 is 27.5 Å². The molecule has 21 heavy (non-hydrogen) atoms. The number of hydrogen-bond acceptors (Lipinski definition) is 5. The Kier molecular flexibility index (Phi) is 4.39. The summed E-state index contributed by atoms with van der Waals surface area (Å²) in [5.74, 6) is -1.29. The summed E-state index contributed by atoms with van der Waals surface area (Å²) in [7, 11) is 0. The van der Waals surface area contributed by atoms with E-state index in [2.05, 4.69) is 20.9 Å². The molecule has 0 aliphatic rings. The average molecular weight is 374 g/mol. The number of rotatable bonds is 4. The second-order valence-corrected chi connectivity index (χ2v) is 4.90. The number of halogens is 2. The normalized spacial score (nSPS) is 10.2. The van der Waals surface area contributed by atoms with Crippen LogP contribution in [-0.4, -0.2) is 21.0 Å². The third-order valence-corrected chi connectivity index (χ3v) is 3.60. The van der Waals surface area contributed by atoms with Gasteiger partial charge in [0.2, 0.25) is 5.88 Å². The van der Waals surface area contributed by atoms with E-state index in [-0.39, 0.29) is 32.4 Å². The van der Waals surface area contributed by atoms with E-state index in [1.165, 1.54) is 30.5 Å². The molecule has 2 rings (SSSR count). The van der Waals surface area contributed by atoms with E-state index >= 15 is 0 Å². The Morgan fingerprint density at radius 2 is 2.14 bits per heavy atom. The lowest BCUT2D eigenvalue weighted by Gasteiger charge is -2.09. The summed E-state index contributed by atoms with van der Waals surface area (Å²) in [6, 6.07) is 5.40. The van der Waals surface area contributed by atoms with Gasteiger partial charge in [-0.05, 0) is 28.1 Å². The molecule has 1 aromatic heterocycles. The van der Waals surface area contributed by atoms with Crippen LogP contribution in [0.5, 0.6) is 11.6 Å². The van der Waals surface area contributed by atoms with Gasteiger partial charge < -0.3 is 9.84 Å². The topological polar surface area (TPSA) is 103 Å². The van der Waals surface area contributed by atoms with E-state index in [1.807, 2.05) is 0 Å². The van der Waals surface area contributed by atoms with Crippen LogP contribution in [0.15, 0.2) is 34.9 Å². The summed E-state index contributed by atoms with van der Waals surface area (Å²) in [6.45, 7) is 0. The number of aromatic carboxylic acids is 1. The Morgan fingerprint density at radius 3 is 2.76 bits per heavy atom. The van der Waals surface area contributed by atoms with Crippen LogP contribution < -0.4 is 4.74 Å². The van der Waals surface area contributed by atoms with Gasteiger partial charge in [0.05, 0.1) is 10.5 Å². The molecular weight excluding hydrogens is 367 g/mol. The number of carbonyl (C=O) groups is 1. The largest absolute Gasteiger partial charge is 0.478 e. The molecule has 0 aliphatic carbocycles. The van der Waals surface area contributed by atoms with Crippen molar-refractivity contribution >= 4 is 39.2 Å². The average Bonchev–Trinajstić information content (AvgIpc) is 2.42. The van der Waals surface area contributed by atoms with Gasteiger partial charge in [0.25, 0.3) is 5.69 Å². The molecule has 2 aromatic rings. The van der Waals surface area contributed by atoms with Gasteiger partial charge in [-0.2, -0.15) is 0 Å². The summed E-state index contributed by atoms with van der Waals surface area (Å²) >= 11 is 8.95. The first-order valence-corrected chi connectivity index (χ1v) is 6.57. The standard InChI is InChI=1S/C12H6BrClN2O5/c13-9-7(16(19)20)2-1-3-8(9)21-11-10(14)6(12(17)18)4-5-15-11/h1-5H,(H,17,18). The molecule has 0 aliphatic heterocycles. The second kappa shape index (κ2) is 6.06. The van der Waals surface area contributed by atoms with Crippen molar-refractivity contribution in [1.29, 1.82) is 0 Å². The van der Waals surface area contributed by atoms with Crippen LogP contribution in [-0.2, 0) is 0 Å². The molecule has 0 amide bonds. The Balaban J connectivity index is 2.44. The number of nitro benzene ring substituents is 1. The van der Waals surface area contributed by atoms with Crippen LogP contribution in [0.1, 0.15) is 10.4 Å². The highest BCUT2D eigenvalue weighted by Gasteiger charge is 2.19. The lowest BCUT2D eigenvalue weighted by molar-refractivity contribution is -0.385. The van der Waals surface area contributed by atoms with Crippen LogP contribution in [0.2, 0.25) is 5.02 Å². The number of nitro groups is 1. The fourth-order valence-electron chi connectivity index (χ4n) is 1.48. The highest BCUT2D eigenvalue weighted by molar-refractivity contribution is 9.10. The molecule has 0 radical (unpaired) electrons. The maximum atomic E-state index is 11.0. The molecule has 0 fully saturated rings. The van der Waals surface area contributed by atoms with Gasteiger partial charge in [-0.1, -0.05) is 17.7 Å². The molecule has 0 unspecified atom stereocenters. The van der Waals surface area contributed by atoms with Crippen molar-refractivity contribution < 1.29 is 19.6 Å². The van der Waals surface area contributed by atoms with Gasteiger partial charge >= 0.3 is 5.97 Å². The summed E-state index contributed by atoms with van der Waals surface area (Å²) in [5.41, 5.74) is -0.374. The number of ether oxygens (including phenoxy) is 1. The highest BCUT2D eigenvalue weighted by Crippen LogP contribution is 2.38. The maximum Gasteiger partial charge on any atom is 0.337 e. The summed E-state index contributed by atoms with van der Waals surface area (Å²) in [4.78, 5) is 25.0. The second-order valence-electron chi connectivity index (χ2n) is 3.73. The highest BCUT2D eigenvalue weighted by atomic mass is 79.9. The van der Waals surface area contributed by atoms with Gasteiger partial charge in [-0.3, -0.25) is 10.1 Å². The fourth-order valence-corrected chi connectivity index (χ4v) is 2.21. The van der Waals surface area contributed by atoms with Crippen molar-refractivity contribution in [2.45, 2.75) is 0 Å². The summed E-state index contributed by atoms with van der Waals surface area (Å²) in [6.07, 6.45) is 1.22. The molecule has 1 aromatic carbocycles. The van der Waals surface area contributed by atoms with Crippen molar-refractivity contribution in [2.24, 2.45) is 0 Å². The molecule has 0 saturated carbocycles. The first-order valence-electron chi connectivity index (χ1n) is 5.40. The minimum Gasteiger partial charge on any atom is -0.478 e. The first-order chi connectivity index (χ1) is 9.91. The van der Waals surface area contributed by atoms with E-state index in [4.69, 9.17) is 21.4 Å². The lowest BCUT2D eigenvalue weighted by Crippen LogP contribution is -2.00. The number of hydrogen-bond donors (Lipinski definition) is 1. The summed E-state index contributed by atoms with van der Waals surface area (Å²) in [5, 5.41) is 19.6. The predicted octanol–water partition coefficient (Wildman–Crippen LogP) is 3.90. The third kappa shape index (κ3) is 3.11. The zero-order chi connectivity index (χ0) is 15.6. The van der Waals surface area contributed by atoms with E-state index < -0.39 is 10.9 Å². The molecular formula is C12H6BrClN2O5. The van der Waals surface area contributed by atoms with Crippen molar-refractivity contribution in [2.75, 3.05) is 0 Å². The Morgan fingerprint density at radius 1 is 1.43 bits per heavy atom. The Hall–Kier alpha value is -2.19. The van der Waals surface area contributed by atoms with Gasteiger partial charge in [0.15, 0.2) is 5.75 Å². The molecule has 7 nitrogen and oxygen atoms in total. The first kappa shape index (κ1) is 15.2. The van der Waals surface area contributed by atoms with Crippen LogP contribution in [0.3, 0.4) is 0 Å². The molecule has 9 heteroatoms. The van der Waals surface area contributed by atoms with Crippen LogP contribution in [0.4, 0.5) is 5.69 Å². The van der Waals surface area contributed by atoms with Crippen molar-refractivity contribution in [3.8, 4) is 11.6 Å². The van der Waals surface area contributed by atoms with Crippen molar-refractivity contribution in [1.82, 2.24) is 4.98 Å². The predicted molar refractivity (Wildman–Crippen MR) is 77.1 cm³/mol. The van der Waals surface area contributed by atoms with E-state index in [1.54, 1.807) is 0 Å². The maximum absolute atomic E-state index is 11.0. The third-order valence-electron chi connectivity index (χ3n) is 2.43. The van der Waals surface area contributed by atoms with Crippen molar-refractivity contribution in [3.05, 3.63) is 55.6 Å². The zero-order valence-electron chi connectivity index (χ0n) is 10.1. The fraction of sp³-hybridized carbons (Fsp3) is 0. The molecule has 0 spiro atoms. The van der Waals surface area contributed by atoms with Gasteiger partial charge in [0.1, 0.15) is 9.50 Å². The molecule has 1 heterocycles. The van der Waals surface area contributed by atoms with E-state index in [9.17, 15) is 14.9 Å². The number of nitrogens with zero attached hydrogens (tertiary/aromatic N) is 2. The minimum atomic E-state index is -1.23. The Bertz CT molecular complexity index is 676. The molecule has 0 saturated heterocycles. The SMILES string of the molecule is O=C(O)c1ccnc(Oc2cccc([N+](=O)[O-])c2Br)c1Cl. The number of pyridine rings is 1. The molecule has 0 atom stereocenters. The minimum absolute atomic E-state index is 0.0983. The number of carboxylic acid groups (broad SMARTS) is 1. The summed E-state index contributed by atoms with van der Waals surface area (Å²) < 4.78 is 5.47. The van der Waals surface area contributed by atoms with Gasteiger partial charge in [0, 0.05) is 12.3 Å². The van der Waals surface area contributed by atoms with Crippen LogP contribution in [0, 0.1) is 10.1 Å². The molecule has 108 valence electrons. The smallest absolute Gasteiger partial charge is 0.337 e. The monoisotopic (exact) mass is 372 g/mol. The quantitative estimate of drug-likeness (QED) is 0.644. The van der Waals surface area contributed by atoms with Gasteiger partial charge in [-0.25, -0.2) is 9.78 Å². The number of benzene rings is 1. The number of aromatic nitrogens is 1. The molecule has 1 N–H and O–H groups in total. The van der Waals surface area contributed by atoms with E-state index in [0.29, 0.717) is 0 Å². The Labute approximate surface area is 131 Å².